The van der Waals surface area contributed by atoms with Gasteiger partial charge in [-0.15, -0.1) is 0 Å². The summed E-state index contributed by atoms with van der Waals surface area (Å²) in [6, 6.07) is 14.1. The van der Waals surface area contributed by atoms with E-state index in [4.69, 9.17) is 9.47 Å². The molecule has 0 aromatic heterocycles. The van der Waals surface area contributed by atoms with Crippen molar-refractivity contribution in [3.05, 3.63) is 64.7 Å². The number of fused-ring (bicyclic) bond motifs is 1. The number of nitrogens with zero attached hydrogens (tertiary/aromatic N) is 1. The van der Waals surface area contributed by atoms with Gasteiger partial charge in [0.25, 0.3) is 5.92 Å². The van der Waals surface area contributed by atoms with Gasteiger partial charge < -0.3 is 14.8 Å². The topological polar surface area (TPSA) is 50.8 Å². The molecule has 1 heterocycles. The minimum atomic E-state index is -2.54. The highest BCUT2D eigenvalue weighted by atomic mass is 19.3. The van der Waals surface area contributed by atoms with Gasteiger partial charge in [-0.1, -0.05) is 30.3 Å². The smallest absolute Gasteiger partial charge is 0.408 e. The van der Waals surface area contributed by atoms with E-state index in [0.29, 0.717) is 5.75 Å². The van der Waals surface area contributed by atoms with E-state index in [1.54, 1.807) is 0 Å². The van der Waals surface area contributed by atoms with Crippen molar-refractivity contribution in [1.82, 2.24) is 10.2 Å². The van der Waals surface area contributed by atoms with Crippen LogP contribution in [0.3, 0.4) is 0 Å². The van der Waals surface area contributed by atoms with Crippen LogP contribution in [0.4, 0.5) is 13.6 Å². The van der Waals surface area contributed by atoms with Gasteiger partial charge in [0, 0.05) is 26.1 Å². The fraction of sp³-hybridized carbons (Fsp3) is 0.519. The number of carbonyl (C=O) groups is 1. The van der Waals surface area contributed by atoms with Gasteiger partial charge in [0.1, 0.15) is 11.4 Å². The second-order valence-electron chi connectivity index (χ2n) is 10.5. The van der Waals surface area contributed by atoms with Gasteiger partial charge >= 0.3 is 6.09 Å². The lowest BCUT2D eigenvalue weighted by atomic mass is 9.98. The van der Waals surface area contributed by atoms with Crippen molar-refractivity contribution in [2.45, 2.75) is 71.2 Å². The lowest BCUT2D eigenvalue weighted by molar-refractivity contribution is 0.0507. The number of benzene rings is 2. The summed E-state index contributed by atoms with van der Waals surface area (Å²) in [4.78, 5) is 14.4. The largest absolute Gasteiger partial charge is 0.493 e. The highest BCUT2D eigenvalue weighted by Gasteiger charge is 2.57. The van der Waals surface area contributed by atoms with Crippen molar-refractivity contribution in [1.29, 1.82) is 0 Å². The molecule has 1 unspecified atom stereocenters. The minimum absolute atomic E-state index is 0.0625. The second kappa shape index (κ2) is 9.53. The summed E-state index contributed by atoms with van der Waals surface area (Å²) >= 11 is 0. The van der Waals surface area contributed by atoms with Crippen LogP contribution in [0.2, 0.25) is 0 Å². The van der Waals surface area contributed by atoms with Crippen LogP contribution < -0.4 is 10.1 Å². The number of rotatable bonds is 7. The first-order valence-electron chi connectivity index (χ1n) is 11.9. The highest BCUT2D eigenvalue weighted by Crippen LogP contribution is 2.48. The fourth-order valence-electron chi connectivity index (χ4n) is 4.20. The molecule has 1 aliphatic carbocycles. The van der Waals surface area contributed by atoms with Gasteiger partial charge in [0.15, 0.2) is 0 Å². The van der Waals surface area contributed by atoms with E-state index in [9.17, 15) is 13.6 Å². The van der Waals surface area contributed by atoms with Crippen molar-refractivity contribution in [3.8, 4) is 5.75 Å². The molecular formula is C27H34F2N2O3. The summed E-state index contributed by atoms with van der Waals surface area (Å²) < 4.78 is 37.0. The number of amides is 1. The molecule has 0 saturated heterocycles. The first-order valence-corrected chi connectivity index (χ1v) is 11.9. The Morgan fingerprint density at radius 3 is 2.53 bits per heavy atom. The summed E-state index contributed by atoms with van der Waals surface area (Å²) in [5.74, 6) is -2.50. The van der Waals surface area contributed by atoms with E-state index in [1.165, 1.54) is 16.7 Å². The van der Waals surface area contributed by atoms with Crippen molar-refractivity contribution in [2.24, 2.45) is 5.92 Å². The molecular weight excluding hydrogens is 438 g/mol. The van der Waals surface area contributed by atoms with Gasteiger partial charge in [-0.25, -0.2) is 13.6 Å². The third-order valence-corrected chi connectivity index (χ3v) is 6.30. The van der Waals surface area contributed by atoms with Crippen molar-refractivity contribution < 1.29 is 23.0 Å². The molecule has 2 atom stereocenters. The Morgan fingerprint density at radius 2 is 1.88 bits per heavy atom. The average Bonchev–Trinajstić information content (AvgIpc) is 3.37. The monoisotopic (exact) mass is 472 g/mol. The molecule has 2 aromatic rings. The Bertz CT molecular complexity index is 1020. The number of hydrogen-bond acceptors (Lipinski definition) is 4. The molecule has 1 N–H and O–H groups in total. The molecule has 2 aromatic carbocycles. The Kier molecular flexibility index (Phi) is 6.85. The van der Waals surface area contributed by atoms with Crippen molar-refractivity contribution in [2.75, 3.05) is 13.2 Å². The van der Waals surface area contributed by atoms with E-state index in [-0.39, 0.29) is 19.1 Å². The number of carbonyl (C=O) groups excluding carboxylic acids is 1. The molecule has 34 heavy (non-hydrogen) atoms. The molecule has 4 rings (SSSR count). The van der Waals surface area contributed by atoms with Crippen molar-refractivity contribution in [3.63, 3.8) is 0 Å². The molecule has 0 spiro atoms. The first kappa shape index (κ1) is 24.5. The molecule has 0 radical (unpaired) electrons. The van der Waals surface area contributed by atoms with E-state index in [1.807, 2.05) is 52.0 Å². The third kappa shape index (κ3) is 6.47. The molecule has 0 bridgehead atoms. The number of alkyl carbamates (subject to hydrolysis) is 1. The lowest BCUT2D eigenvalue weighted by Gasteiger charge is -2.29. The summed E-state index contributed by atoms with van der Waals surface area (Å²) in [7, 11) is 0. The molecule has 184 valence electrons. The summed E-state index contributed by atoms with van der Waals surface area (Å²) in [5, 5.41) is 2.87. The Morgan fingerprint density at radius 1 is 1.18 bits per heavy atom. The van der Waals surface area contributed by atoms with Crippen LogP contribution in [0.15, 0.2) is 42.5 Å². The SMILES string of the molecule is C[C@H](NC(=O)OC(C)(C)C)c1ccc(CN2CCc3cc(OCC4CC4(F)F)ccc3C2)cc1. The minimum Gasteiger partial charge on any atom is -0.493 e. The van der Waals surface area contributed by atoms with Gasteiger partial charge in [-0.2, -0.15) is 0 Å². The molecule has 2 aliphatic rings. The maximum Gasteiger partial charge on any atom is 0.408 e. The molecule has 1 amide bonds. The van der Waals surface area contributed by atoms with Crippen LogP contribution in [0.5, 0.6) is 5.75 Å². The van der Waals surface area contributed by atoms with Crippen LogP contribution in [-0.4, -0.2) is 35.7 Å². The standard InChI is InChI=1S/C27H34F2N2O3/c1-18(30-25(32)34-26(2,3)4)20-7-5-19(6-8-20)15-31-12-11-21-13-24(10-9-22(21)16-31)33-17-23-14-27(23,28)29/h5-10,13,18,23H,11-12,14-17H2,1-4H3,(H,30,32)/t18-,23?/m0/s1. The van der Waals surface area contributed by atoms with E-state index in [0.717, 1.165) is 31.6 Å². The lowest BCUT2D eigenvalue weighted by Crippen LogP contribution is -2.34. The number of nitrogens with one attached hydrogen (secondary N) is 1. The zero-order chi connectivity index (χ0) is 24.5. The van der Waals surface area contributed by atoms with E-state index < -0.39 is 23.5 Å². The van der Waals surface area contributed by atoms with Crippen LogP contribution in [-0.2, 0) is 24.2 Å². The normalized spacial score (nSPS) is 20.2. The maximum absolute atomic E-state index is 13.1. The van der Waals surface area contributed by atoms with Crippen molar-refractivity contribution >= 4 is 6.09 Å². The van der Waals surface area contributed by atoms with E-state index >= 15 is 0 Å². The van der Waals surface area contributed by atoms with Crippen LogP contribution in [0.1, 0.15) is 62.4 Å². The number of alkyl halides is 2. The number of ether oxygens (including phenoxy) is 2. The summed E-state index contributed by atoms with van der Waals surface area (Å²) in [6.45, 7) is 10.2. The first-order chi connectivity index (χ1) is 16.0. The maximum atomic E-state index is 13.1. The van der Waals surface area contributed by atoms with Crippen LogP contribution in [0, 0.1) is 5.92 Å². The summed E-state index contributed by atoms with van der Waals surface area (Å²) in [6.07, 6.45) is 0.420. The predicted octanol–water partition coefficient (Wildman–Crippen LogP) is 5.86. The van der Waals surface area contributed by atoms with Gasteiger partial charge in [-0.3, -0.25) is 4.90 Å². The van der Waals surface area contributed by atoms with Gasteiger partial charge in [-0.05, 0) is 68.5 Å². The molecule has 1 fully saturated rings. The molecule has 1 aliphatic heterocycles. The van der Waals surface area contributed by atoms with Crippen LogP contribution in [0.25, 0.3) is 0 Å². The van der Waals surface area contributed by atoms with E-state index in [2.05, 4.69) is 28.4 Å². The quantitative estimate of drug-likeness (QED) is 0.548. The Balaban J connectivity index is 1.27. The third-order valence-electron chi connectivity index (χ3n) is 6.30. The molecule has 7 heteroatoms. The Hall–Kier alpha value is -2.67. The highest BCUT2D eigenvalue weighted by molar-refractivity contribution is 5.68. The summed E-state index contributed by atoms with van der Waals surface area (Å²) in [5.41, 5.74) is 4.19. The molecule has 5 nitrogen and oxygen atoms in total. The Labute approximate surface area is 200 Å². The zero-order valence-electron chi connectivity index (χ0n) is 20.4. The van der Waals surface area contributed by atoms with Gasteiger partial charge in [0.05, 0.1) is 18.6 Å². The zero-order valence-corrected chi connectivity index (χ0v) is 20.4. The predicted molar refractivity (Wildman–Crippen MR) is 127 cm³/mol. The number of halogens is 2. The van der Waals surface area contributed by atoms with Crippen LogP contribution >= 0.6 is 0 Å². The van der Waals surface area contributed by atoms with Gasteiger partial charge in [0.2, 0.25) is 0 Å². The second-order valence-corrected chi connectivity index (χ2v) is 10.5. The molecule has 1 saturated carbocycles. The fourth-order valence-corrected chi connectivity index (χ4v) is 4.20. The average molecular weight is 473 g/mol. The number of hydrogen-bond donors (Lipinski definition) is 1.